The van der Waals surface area contributed by atoms with E-state index in [1.807, 2.05) is 0 Å². The maximum atomic E-state index is 10.5. The Labute approximate surface area is 63.1 Å². The number of hydrogen-bond donors (Lipinski definition) is 3. The molecule has 7 heteroatoms. The topological polar surface area (TPSA) is 110 Å². The maximum absolute atomic E-state index is 10.5. The van der Waals surface area contributed by atoms with Crippen LogP contribution in [0.4, 0.5) is 0 Å². The fraction of sp³-hybridized carbons (Fsp3) is 0.500. The van der Waals surface area contributed by atoms with Crippen molar-refractivity contribution in [1.29, 1.82) is 10.8 Å². The van der Waals surface area contributed by atoms with Crippen molar-refractivity contribution in [1.82, 2.24) is 5.01 Å². The van der Waals surface area contributed by atoms with E-state index >= 15 is 0 Å². The number of rotatable bonds is 5. The second-order valence-corrected chi connectivity index (χ2v) is 1.62. The summed E-state index contributed by atoms with van der Waals surface area (Å²) in [6.07, 6.45) is 1.94. The van der Waals surface area contributed by atoms with Gasteiger partial charge < -0.3 is 21.2 Å². The predicted molar refractivity (Wildman–Crippen MR) is 37.0 cm³/mol. The molecular formula is C4H9N5O2. The Morgan fingerprint density at radius 1 is 1.45 bits per heavy atom. The van der Waals surface area contributed by atoms with Crippen LogP contribution < -0.4 is 0 Å². The normalized spacial score (nSPS) is 10.7. The lowest BCUT2D eigenvalue weighted by molar-refractivity contribution is -0.704. The summed E-state index contributed by atoms with van der Waals surface area (Å²) in [6, 6.07) is 0. The van der Waals surface area contributed by atoms with Gasteiger partial charge in [-0.1, -0.05) is 0 Å². The Hall–Kier alpha value is -1.66. The van der Waals surface area contributed by atoms with Crippen molar-refractivity contribution >= 4 is 12.4 Å². The zero-order valence-corrected chi connectivity index (χ0v) is 5.77. The molecular weight excluding hydrogens is 150 g/mol. The van der Waals surface area contributed by atoms with Gasteiger partial charge >= 0.3 is 0 Å². The minimum absolute atomic E-state index is 0.0168. The van der Waals surface area contributed by atoms with Crippen molar-refractivity contribution in [3.8, 4) is 0 Å². The average molecular weight is 159 g/mol. The molecule has 0 spiro atoms. The highest BCUT2D eigenvalue weighted by Crippen LogP contribution is 1.85. The summed E-state index contributed by atoms with van der Waals surface area (Å²) in [5.41, 5.74) is 0. The maximum Gasteiger partial charge on any atom is 0.230 e. The summed E-state index contributed by atoms with van der Waals surface area (Å²) >= 11 is 0. The van der Waals surface area contributed by atoms with Crippen LogP contribution in [0.1, 0.15) is 0 Å². The zero-order valence-electron chi connectivity index (χ0n) is 5.77. The van der Waals surface area contributed by atoms with Crippen molar-refractivity contribution in [3.63, 3.8) is 0 Å². The van der Waals surface area contributed by atoms with Gasteiger partial charge in [0, 0.05) is 12.4 Å². The first kappa shape index (κ1) is 9.34. The van der Waals surface area contributed by atoms with Crippen molar-refractivity contribution in [2.75, 3.05) is 13.1 Å². The van der Waals surface area contributed by atoms with Crippen LogP contribution in [-0.4, -0.2) is 40.7 Å². The summed E-state index contributed by atoms with van der Waals surface area (Å²) in [7, 11) is 0. The van der Waals surface area contributed by atoms with Crippen LogP contribution in [-0.2, 0) is 0 Å². The van der Waals surface area contributed by atoms with E-state index in [0.717, 1.165) is 17.4 Å². The van der Waals surface area contributed by atoms with Crippen LogP contribution in [0.3, 0.4) is 0 Å². The monoisotopic (exact) mass is 159 g/mol. The summed E-state index contributed by atoms with van der Waals surface area (Å²) in [4.78, 5) is -0.0733. The Morgan fingerprint density at radius 3 is 2.18 bits per heavy atom. The van der Waals surface area contributed by atoms with Crippen LogP contribution in [0.5, 0.6) is 0 Å². The second-order valence-electron chi connectivity index (χ2n) is 1.62. The first-order valence-electron chi connectivity index (χ1n) is 2.81. The molecule has 0 aromatic heterocycles. The number of hydrazine groups is 1. The summed E-state index contributed by atoms with van der Waals surface area (Å²) in [5, 5.41) is 35.1. The molecule has 0 saturated carbocycles. The van der Waals surface area contributed by atoms with Crippen LogP contribution in [0.2, 0.25) is 0 Å². The van der Waals surface area contributed by atoms with Gasteiger partial charge in [0.25, 0.3) is 0 Å². The van der Waals surface area contributed by atoms with Crippen LogP contribution >= 0.6 is 0 Å². The van der Waals surface area contributed by atoms with Crippen LogP contribution in [0.25, 0.3) is 0 Å². The Balaban J connectivity index is 4.07. The first-order chi connectivity index (χ1) is 5.26. The molecule has 0 unspecified atom stereocenters. The SMILES string of the molecule is N=CCN(CC=N)/[N+]([O-])=N/O. The molecule has 0 heterocycles. The molecule has 0 aliphatic heterocycles. The first-order valence-corrected chi connectivity index (χ1v) is 2.81. The van der Waals surface area contributed by atoms with Gasteiger partial charge in [-0.05, 0) is 0 Å². The molecule has 0 saturated heterocycles. The molecule has 7 nitrogen and oxygen atoms in total. The molecule has 62 valence electrons. The van der Waals surface area contributed by atoms with E-state index in [9.17, 15) is 5.21 Å². The molecule has 0 radical (unpaired) electrons. The van der Waals surface area contributed by atoms with Gasteiger partial charge in [0.1, 0.15) is 13.1 Å². The number of hydrogen-bond acceptors (Lipinski definition) is 4. The predicted octanol–water partition coefficient (Wildman–Crippen LogP) is -0.146. The molecule has 11 heavy (non-hydrogen) atoms. The van der Waals surface area contributed by atoms with Crippen molar-refractivity contribution in [2.24, 2.45) is 5.28 Å². The van der Waals surface area contributed by atoms with Gasteiger partial charge in [0.2, 0.25) is 5.28 Å². The van der Waals surface area contributed by atoms with E-state index in [1.54, 1.807) is 0 Å². The summed E-state index contributed by atoms with van der Waals surface area (Å²) in [6.45, 7) is 0.0336. The molecule has 0 aliphatic rings. The van der Waals surface area contributed by atoms with E-state index in [1.165, 1.54) is 0 Å². The average Bonchev–Trinajstić information content (AvgIpc) is 2.03. The third kappa shape index (κ3) is 3.14. The third-order valence-electron chi connectivity index (χ3n) is 0.923. The quantitative estimate of drug-likeness (QED) is 0.224. The highest BCUT2D eigenvalue weighted by Gasteiger charge is 2.07. The fourth-order valence-corrected chi connectivity index (χ4v) is 0.482. The van der Waals surface area contributed by atoms with Gasteiger partial charge in [-0.15, -0.1) is 5.01 Å². The molecule has 0 aliphatic carbocycles. The molecule has 3 N–H and O–H groups in total. The Bertz CT molecular complexity index is 158. The highest BCUT2D eigenvalue weighted by molar-refractivity contribution is 5.58. The summed E-state index contributed by atoms with van der Waals surface area (Å²) in [5.74, 6) is 0. The lowest BCUT2D eigenvalue weighted by Crippen LogP contribution is -2.33. The van der Waals surface area contributed by atoms with Gasteiger partial charge in [0.15, 0.2) is 0 Å². The Morgan fingerprint density at radius 2 is 1.91 bits per heavy atom. The smallest absolute Gasteiger partial charge is 0.230 e. The van der Waals surface area contributed by atoms with Crippen LogP contribution in [0.15, 0.2) is 5.28 Å². The number of nitrogens with zero attached hydrogens (tertiary/aromatic N) is 3. The fourth-order valence-electron chi connectivity index (χ4n) is 0.482. The molecule has 0 aromatic rings. The van der Waals surface area contributed by atoms with Crippen molar-refractivity contribution in [3.05, 3.63) is 5.21 Å². The minimum atomic E-state index is -0.0733. The van der Waals surface area contributed by atoms with Gasteiger partial charge in [0.05, 0.1) is 4.97 Å². The molecule has 0 atom stereocenters. The standard InChI is InChI=1S/C4H9N5O2/c5-1-3-8(4-2-6)9(11)7-10/h1-2,5-6,10H,3-4H2/b5-1?,6-2?,9-7-. The third-order valence-corrected chi connectivity index (χ3v) is 0.923. The molecule has 0 aromatic carbocycles. The summed E-state index contributed by atoms with van der Waals surface area (Å²) < 4.78 is 0. The molecule has 0 amide bonds. The van der Waals surface area contributed by atoms with Gasteiger partial charge in [-0.25, -0.2) is 0 Å². The van der Waals surface area contributed by atoms with Crippen LogP contribution in [0, 0.1) is 16.0 Å². The van der Waals surface area contributed by atoms with Crippen molar-refractivity contribution < 1.29 is 10.2 Å². The molecule has 0 bridgehead atoms. The zero-order chi connectivity index (χ0) is 8.69. The largest absolute Gasteiger partial charge is 0.569 e. The lowest BCUT2D eigenvalue weighted by atomic mass is 10.6. The van der Waals surface area contributed by atoms with E-state index in [2.05, 4.69) is 5.28 Å². The van der Waals surface area contributed by atoms with E-state index in [0.29, 0.717) is 0 Å². The van der Waals surface area contributed by atoms with Gasteiger partial charge in [-0.3, -0.25) is 0 Å². The van der Waals surface area contributed by atoms with Gasteiger partial charge in [-0.2, -0.15) is 0 Å². The minimum Gasteiger partial charge on any atom is -0.569 e. The molecule has 0 fully saturated rings. The Kier molecular flexibility index (Phi) is 4.37. The van der Waals surface area contributed by atoms with E-state index in [-0.39, 0.29) is 18.1 Å². The molecule has 0 rings (SSSR count). The van der Waals surface area contributed by atoms with Crippen molar-refractivity contribution in [2.45, 2.75) is 0 Å². The van der Waals surface area contributed by atoms with E-state index in [4.69, 9.17) is 16.0 Å². The highest BCUT2D eigenvalue weighted by atomic mass is 16.6. The van der Waals surface area contributed by atoms with E-state index < -0.39 is 0 Å². The second kappa shape index (κ2) is 5.15. The number of nitrogens with one attached hydrogen (secondary N) is 2. The lowest BCUT2D eigenvalue weighted by Gasteiger charge is -2.11.